The SMILES string of the molecule is [Ag].[AlH3].[Ca+2].[H-].[H-].[La].[PbH2].[SeH2].[SnH2]. The molecule has 0 aromatic carbocycles. The predicted octanol–water partition coefficient (Wildman–Crippen LogP) is -4.09. The van der Waals surface area contributed by atoms with E-state index in [1.54, 1.807) is 0 Å². The zero-order valence-corrected chi connectivity index (χ0v) is 22.4. The molecule has 0 atom stereocenters. The quantitative estimate of drug-likeness (QED) is 0.223. The minimum atomic E-state index is 0. The molecule has 0 nitrogen and oxygen atoms in total. The van der Waals surface area contributed by atoms with E-state index in [9.17, 15) is 0 Å². The molecule has 0 aromatic heterocycles. The van der Waals surface area contributed by atoms with Gasteiger partial charge < -0.3 is 2.85 Å². The molecule has 0 aliphatic heterocycles. The molecule has 7 heavy (non-hydrogen) atoms. The van der Waals surface area contributed by atoms with Crippen LogP contribution in [0.4, 0.5) is 0 Å². The summed E-state index contributed by atoms with van der Waals surface area (Å²) in [4.78, 5) is 0. The molecule has 0 N–H and O–H groups in total. The second-order valence-corrected chi connectivity index (χ2v) is 0. The van der Waals surface area contributed by atoms with Crippen molar-refractivity contribution in [2.45, 2.75) is 0 Å². The number of hydrogen-bond donors (Lipinski definition) is 0. The van der Waals surface area contributed by atoms with Crippen molar-refractivity contribution in [2.24, 2.45) is 0 Å². The zero-order valence-electron chi connectivity index (χ0n) is 5.50. The Morgan fingerprint density at radius 2 is 1.14 bits per heavy atom. The van der Waals surface area contributed by atoms with Crippen molar-refractivity contribution >= 4 is 123 Å². The van der Waals surface area contributed by atoms with E-state index < -0.39 is 0 Å². The van der Waals surface area contributed by atoms with Gasteiger partial charge in [0.2, 0.25) is 0 Å². The third-order valence-electron chi connectivity index (χ3n) is 0. The molecule has 0 unspecified atom stereocenters. The molecule has 0 spiro atoms. The van der Waals surface area contributed by atoms with Gasteiger partial charge in [-0.1, -0.05) is 0 Å². The fourth-order valence-electron chi connectivity index (χ4n) is 0. The molecule has 0 heterocycles. The monoisotopic (exact) mass is 732 g/mol. The first-order valence-corrected chi connectivity index (χ1v) is 0. The van der Waals surface area contributed by atoms with E-state index >= 15 is 0 Å². The van der Waals surface area contributed by atoms with E-state index in [2.05, 4.69) is 0 Å². The molecule has 0 fully saturated rings. The van der Waals surface area contributed by atoms with Gasteiger partial charge in [-0.05, 0) is 0 Å². The standard InChI is InChI=1S/Ag.Al.Ca.La.Pb.H2Se.Sn.9H/h;;;;;1H2;;;;;;;;;;/q;;+2;;;;;;;;;;;;2*-1. The van der Waals surface area contributed by atoms with E-state index in [-0.39, 0.29) is 184 Å². The zero-order chi connectivity index (χ0) is 0. The number of rotatable bonds is 0. The van der Waals surface area contributed by atoms with Crippen LogP contribution in [0.25, 0.3) is 0 Å². The Morgan fingerprint density at radius 1 is 1.14 bits per heavy atom. The van der Waals surface area contributed by atoms with Crippen LogP contribution in [0, 0.1) is 35.6 Å². The predicted molar refractivity (Wildman–Crippen MR) is 43.5 cm³/mol. The van der Waals surface area contributed by atoms with Crippen LogP contribution in [-0.4, -0.2) is 123 Å². The summed E-state index contributed by atoms with van der Waals surface area (Å²) in [7, 11) is 0. The van der Waals surface area contributed by atoms with Gasteiger partial charge in [0.05, 0.1) is 0 Å². The first-order valence-electron chi connectivity index (χ1n) is 0. The summed E-state index contributed by atoms with van der Waals surface area (Å²) in [5.41, 5.74) is 0. The molecule has 0 saturated heterocycles. The van der Waals surface area contributed by atoms with Crippen LogP contribution in [0.5, 0.6) is 0 Å². The van der Waals surface area contributed by atoms with E-state index in [1.165, 1.54) is 0 Å². The van der Waals surface area contributed by atoms with Gasteiger partial charge in [-0.3, -0.25) is 0 Å². The summed E-state index contributed by atoms with van der Waals surface area (Å²) in [5.74, 6) is 0. The van der Waals surface area contributed by atoms with Crippen LogP contribution in [0.1, 0.15) is 2.85 Å². The van der Waals surface area contributed by atoms with E-state index in [4.69, 9.17) is 0 Å². The average Bonchev–Trinajstić information content (AvgIpc) is 0. The van der Waals surface area contributed by atoms with Gasteiger partial charge in [-0.2, -0.15) is 0 Å². The Kier molecular flexibility index (Phi) is 301. The summed E-state index contributed by atoms with van der Waals surface area (Å²) in [6.45, 7) is 0. The summed E-state index contributed by atoms with van der Waals surface area (Å²) < 4.78 is 0. The van der Waals surface area contributed by atoms with Gasteiger partial charge in [0, 0.05) is 58.0 Å². The van der Waals surface area contributed by atoms with Crippen molar-refractivity contribution in [3.8, 4) is 0 Å². The first kappa shape index (κ1) is 52.2. The van der Waals surface area contributed by atoms with Gasteiger partial charge in [-0.25, -0.2) is 0 Å². The third kappa shape index (κ3) is 33.4. The molecule has 0 aromatic rings. The number of hydrogen-bond acceptors (Lipinski definition) is 0. The Labute approximate surface area is 179 Å². The van der Waals surface area contributed by atoms with Gasteiger partial charge in [0.25, 0.3) is 0 Å². The average molecular weight is 730 g/mol. The summed E-state index contributed by atoms with van der Waals surface area (Å²) in [6, 6.07) is 0. The van der Waals surface area contributed by atoms with E-state index in [0.717, 1.165) is 0 Å². The first-order chi connectivity index (χ1) is 0. The Balaban J connectivity index is 0. The normalized spacial score (nSPS) is 0. The maximum absolute atomic E-state index is 0. The molecule has 0 amide bonds. The summed E-state index contributed by atoms with van der Waals surface area (Å²) in [6.07, 6.45) is 0. The second kappa shape index (κ2) is 40.4. The Morgan fingerprint density at radius 3 is 1.14 bits per heavy atom. The van der Waals surface area contributed by atoms with Crippen molar-refractivity contribution in [1.29, 1.82) is 0 Å². The molecule has 0 aliphatic carbocycles. The molecule has 7 heteroatoms. The molecule has 6 radical (unpaired) electrons. The molecular weight excluding hydrogens is 719 g/mol. The Hall–Kier alpha value is 5.97. The van der Waals surface area contributed by atoms with Crippen molar-refractivity contribution in [3.05, 3.63) is 0 Å². The van der Waals surface area contributed by atoms with Crippen LogP contribution < -0.4 is 0 Å². The van der Waals surface area contributed by atoms with Crippen LogP contribution in [0.15, 0.2) is 0 Å². The summed E-state index contributed by atoms with van der Waals surface area (Å²) >= 11 is 0. The van der Waals surface area contributed by atoms with Crippen molar-refractivity contribution in [2.75, 3.05) is 0 Å². The molecule has 0 saturated carbocycles. The molecule has 0 bridgehead atoms. The second-order valence-electron chi connectivity index (χ2n) is 0. The van der Waals surface area contributed by atoms with Crippen molar-refractivity contribution < 1.29 is 60.8 Å². The van der Waals surface area contributed by atoms with Crippen molar-refractivity contribution in [3.63, 3.8) is 0 Å². The van der Waals surface area contributed by atoms with E-state index in [1.807, 2.05) is 0 Å². The van der Waals surface area contributed by atoms with Crippen LogP contribution >= 0.6 is 0 Å². The van der Waals surface area contributed by atoms with Gasteiger partial charge in [0.15, 0.2) is 17.4 Å². The van der Waals surface area contributed by atoms with Crippen LogP contribution in [-0.2, 0) is 22.4 Å². The molecule has 0 aliphatic rings. The van der Waals surface area contributed by atoms with E-state index in [0.29, 0.717) is 0 Å². The third-order valence-corrected chi connectivity index (χ3v) is 0. The van der Waals surface area contributed by atoms with Gasteiger partial charge in [0.1, 0.15) is 0 Å². The van der Waals surface area contributed by atoms with Gasteiger partial charge >= 0.3 is 106 Å². The molecular formula is H11AgAlCaLaPbSeSn. The Bertz CT molecular complexity index is 26.5. The molecule has 44 valence electrons. The molecule has 0 rings (SSSR count). The van der Waals surface area contributed by atoms with Gasteiger partial charge in [-0.15, -0.1) is 0 Å². The maximum atomic E-state index is 0. The van der Waals surface area contributed by atoms with Crippen molar-refractivity contribution in [1.82, 2.24) is 0 Å². The van der Waals surface area contributed by atoms with Crippen LogP contribution in [0.2, 0.25) is 0 Å². The minimum absolute atomic E-state index is 0. The fourth-order valence-corrected chi connectivity index (χ4v) is 0. The topological polar surface area (TPSA) is 0 Å². The summed E-state index contributed by atoms with van der Waals surface area (Å²) in [5, 5.41) is 0. The van der Waals surface area contributed by atoms with Crippen LogP contribution in [0.3, 0.4) is 0 Å². The fraction of sp³-hybridized carbons (Fsp3) is 0.